The molecular weight excluding hydrogens is 184 g/mol. The van der Waals surface area contributed by atoms with E-state index >= 15 is 0 Å². The van der Waals surface area contributed by atoms with E-state index in [0.29, 0.717) is 19.6 Å². The van der Waals surface area contributed by atoms with Crippen LogP contribution < -0.4 is 5.73 Å². The van der Waals surface area contributed by atoms with Crippen LogP contribution in [-0.4, -0.2) is 41.5 Å². The van der Waals surface area contributed by atoms with Crippen LogP contribution in [0.2, 0.25) is 0 Å². The maximum absolute atomic E-state index is 11.8. The van der Waals surface area contributed by atoms with E-state index < -0.39 is 5.97 Å². The van der Waals surface area contributed by atoms with Gasteiger partial charge in [-0.2, -0.15) is 0 Å². The van der Waals surface area contributed by atoms with E-state index in [1.807, 2.05) is 0 Å². The van der Waals surface area contributed by atoms with Crippen LogP contribution in [0.3, 0.4) is 0 Å². The summed E-state index contributed by atoms with van der Waals surface area (Å²) in [5, 5.41) is 8.65. The standard InChI is InChI=1S/C9H14N2O3/c10-5-9(1-2-9)8(14)11-3-6(4-11)7(12)13/h6H,1-5,10H2,(H,12,13). The second-order valence-corrected chi connectivity index (χ2v) is 4.23. The molecule has 1 amide bonds. The van der Waals surface area contributed by atoms with Crippen molar-refractivity contribution >= 4 is 11.9 Å². The molecule has 14 heavy (non-hydrogen) atoms. The molecule has 5 nitrogen and oxygen atoms in total. The van der Waals surface area contributed by atoms with Crippen LogP contribution >= 0.6 is 0 Å². The first-order valence-corrected chi connectivity index (χ1v) is 4.81. The number of nitrogens with two attached hydrogens (primary N) is 1. The van der Waals surface area contributed by atoms with Crippen LogP contribution in [0.4, 0.5) is 0 Å². The number of hydrogen-bond acceptors (Lipinski definition) is 3. The summed E-state index contributed by atoms with van der Waals surface area (Å²) in [4.78, 5) is 23.9. The Hall–Kier alpha value is -1.10. The zero-order chi connectivity index (χ0) is 10.3. The first-order valence-electron chi connectivity index (χ1n) is 4.81. The van der Waals surface area contributed by atoms with Crippen LogP contribution in [0.1, 0.15) is 12.8 Å². The van der Waals surface area contributed by atoms with Crippen molar-refractivity contribution in [2.45, 2.75) is 12.8 Å². The van der Waals surface area contributed by atoms with Gasteiger partial charge in [0.05, 0.1) is 11.3 Å². The molecule has 0 aromatic rings. The summed E-state index contributed by atoms with van der Waals surface area (Å²) in [6.45, 7) is 1.10. The van der Waals surface area contributed by atoms with Gasteiger partial charge < -0.3 is 15.7 Å². The molecule has 0 aromatic heterocycles. The molecule has 0 unspecified atom stereocenters. The molecule has 3 N–H and O–H groups in total. The molecule has 2 aliphatic rings. The molecule has 5 heteroatoms. The average molecular weight is 198 g/mol. The molecule has 2 fully saturated rings. The summed E-state index contributed by atoms with van der Waals surface area (Å²) in [6.07, 6.45) is 1.72. The lowest BCUT2D eigenvalue weighted by atomic mass is 9.96. The van der Waals surface area contributed by atoms with E-state index in [0.717, 1.165) is 12.8 Å². The summed E-state index contributed by atoms with van der Waals surface area (Å²) >= 11 is 0. The minimum atomic E-state index is -0.813. The zero-order valence-corrected chi connectivity index (χ0v) is 7.90. The highest BCUT2D eigenvalue weighted by Crippen LogP contribution is 2.47. The van der Waals surface area contributed by atoms with Crippen LogP contribution in [0.15, 0.2) is 0 Å². The Labute approximate surface area is 81.9 Å². The third-order valence-electron chi connectivity index (χ3n) is 3.22. The van der Waals surface area contributed by atoms with Gasteiger partial charge in [-0.3, -0.25) is 9.59 Å². The lowest BCUT2D eigenvalue weighted by Gasteiger charge is -2.38. The summed E-state index contributed by atoms with van der Waals surface area (Å²) < 4.78 is 0. The Bertz CT molecular complexity index is 280. The summed E-state index contributed by atoms with van der Waals surface area (Å²) in [5.41, 5.74) is 5.19. The van der Waals surface area contributed by atoms with Gasteiger partial charge in [0, 0.05) is 19.6 Å². The van der Waals surface area contributed by atoms with Gasteiger partial charge in [0.1, 0.15) is 0 Å². The number of aliphatic carboxylic acids is 1. The number of amides is 1. The lowest BCUT2D eigenvalue weighted by molar-refractivity contribution is -0.155. The van der Waals surface area contributed by atoms with Gasteiger partial charge in [0.15, 0.2) is 0 Å². The number of likely N-dealkylation sites (tertiary alicyclic amines) is 1. The molecule has 0 radical (unpaired) electrons. The SMILES string of the molecule is NCC1(C(=O)N2CC(C(=O)O)C2)CC1. The van der Waals surface area contributed by atoms with E-state index in [-0.39, 0.29) is 17.2 Å². The highest BCUT2D eigenvalue weighted by Gasteiger charge is 2.53. The quantitative estimate of drug-likeness (QED) is 0.626. The molecule has 1 saturated heterocycles. The highest BCUT2D eigenvalue weighted by atomic mass is 16.4. The minimum Gasteiger partial charge on any atom is -0.481 e. The number of nitrogens with zero attached hydrogens (tertiary/aromatic N) is 1. The van der Waals surface area contributed by atoms with Crippen molar-refractivity contribution in [1.82, 2.24) is 4.90 Å². The Balaban J connectivity index is 1.88. The van der Waals surface area contributed by atoms with Crippen LogP contribution in [-0.2, 0) is 9.59 Å². The summed E-state index contributed by atoms with van der Waals surface area (Å²) in [7, 11) is 0. The van der Waals surface area contributed by atoms with Crippen molar-refractivity contribution in [1.29, 1.82) is 0 Å². The van der Waals surface area contributed by atoms with Gasteiger partial charge in [-0.05, 0) is 12.8 Å². The number of rotatable bonds is 3. The van der Waals surface area contributed by atoms with Gasteiger partial charge >= 0.3 is 5.97 Å². The largest absolute Gasteiger partial charge is 0.481 e. The van der Waals surface area contributed by atoms with Crippen LogP contribution in [0.5, 0.6) is 0 Å². The third kappa shape index (κ3) is 1.28. The highest BCUT2D eigenvalue weighted by molar-refractivity contribution is 5.88. The number of carboxylic acids is 1. The van der Waals surface area contributed by atoms with E-state index in [1.54, 1.807) is 4.90 Å². The Morgan fingerprint density at radius 2 is 2.00 bits per heavy atom. The van der Waals surface area contributed by atoms with E-state index in [2.05, 4.69) is 0 Å². The van der Waals surface area contributed by atoms with Gasteiger partial charge in [0.2, 0.25) is 5.91 Å². The second-order valence-electron chi connectivity index (χ2n) is 4.23. The fraction of sp³-hybridized carbons (Fsp3) is 0.778. The molecule has 0 spiro atoms. The normalized spacial score (nSPS) is 24.2. The van der Waals surface area contributed by atoms with E-state index in [1.165, 1.54) is 0 Å². The van der Waals surface area contributed by atoms with E-state index in [9.17, 15) is 9.59 Å². The minimum absolute atomic E-state index is 0.0532. The average Bonchev–Trinajstić information content (AvgIpc) is 2.80. The van der Waals surface area contributed by atoms with Crippen LogP contribution in [0.25, 0.3) is 0 Å². The smallest absolute Gasteiger partial charge is 0.310 e. The Kier molecular flexibility index (Phi) is 1.99. The summed E-state index contributed by atoms with van der Waals surface area (Å²) in [6, 6.07) is 0. The topological polar surface area (TPSA) is 83.6 Å². The predicted octanol–water partition coefficient (Wildman–Crippen LogP) is -0.732. The fourth-order valence-electron chi connectivity index (χ4n) is 1.79. The summed E-state index contributed by atoms with van der Waals surface area (Å²) in [5.74, 6) is -1.13. The Morgan fingerprint density at radius 3 is 2.36 bits per heavy atom. The van der Waals surface area contributed by atoms with Crippen molar-refractivity contribution in [2.24, 2.45) is 17.1 Å². The maximum atomic E-state index is 11.8. The monoisotopic (exact) mass is 198 g/mol. The van der Waals surface area contributed by atoms with Crippen molar-refractivity contribution in [3.05, 3.63) is 0 Å². The molecule has 0 bridgehead atoms. The molecule has 78 valence electrons. The zero-order valence-electron chi connectivity index (χ0n) is 7.90. The number of carboxylic acid groups (broad SMARTS) is 1. The molecule has 0 aromatic carbocycles. The van der Waals surface area contributed by atoms with Crippen molar-refractivity contribution < 1.29 is 14.7 Å². The van der Waals surface area contributed by atoms with E-state index in [4.69, 9.17) is 10.8 Å². The Morgan fingerprint density at radius 1 is 1.43 bits per heavy atom. The lowest BCUT2D eigenvalue weighted by Crippen LogP contribution is -2.56. The van der Waals surface area contributed by atoms with Crippen molar-refractivity contribution in [3.63, 3.8) is 0 Å². The molecular formula is C9H14N2O3. The van der Waals surface area contributed by atoms with Gasteiger partial charge in [-0.1, -0.05) is 0 Å². The first-order chi connectivity index (χ1) is 6.59. The van der Waals surface area contributed by atoms with Gasteiger partial charge in [0.25, 0.3) is 0 Å². The predicted molar refractivity (Wildman–Crippen MR) is 48.4 cm³/mol. The van der Waals surface area contributed by atoms with Crippen LogP contribution in [0, 0.1) is 11.3 Å². The van der Waals surface area contributed by atoms with Crippen molar-refractivity contribution in [2.75, 3.05) is 19.6 Å². The second kappa shape index (κ2) is 2.95. The maximum Gasteiger partial charge on any atom is 0.310 e. The van der Waals surface area contributed by atoms with Crippen molar-refractivity contribution in [3.8, 4) is 0 Å². The fourth-order valence-corrected chi connectivity index (χ4v) is 1.79. The number of carbonyl (C=O) groups excluding carboxylic acids is 1. The van der Waals surface area contributed by atoms with Gasteiger partial charge in [-0.25, -0.2) is 0 Å². The molecule has 2 rings (SSSR count). The molecule has 1 aliphatic heterocycles. The first kappa shape index (κ1) is 9.45. The molecule has 1 aliphatic carbocycles. The molecule has 0 atom stereocenters. The molecule has 1 saturated carbocycles. The van der Waals surface area contributed by atoms with Gasteiger partial charge in [-0.15, -0.1) is 0 Å². The number of carbonyl (C=O) groups is 2. The molecule has 1 heterocycles. The number of hydrogen-bond donors (Lipinski definition) is 2. The third-order valence-corrected chi connectivity index (χ3v) is 3.22.